The van der Waals surface area contributed by atoms with E-state index in [-0.39, 0.29) is 22.4 Å². The van der Waals surface area contributed by atoms with Crippen molar-refractivity contribution in [3.8, 4) is 0 Å². The molecule has 0 saturated carbocycles. The fourth-order valence-corrected chi connectivity index (χ4v) is 4.30. The molecule has 1 aromatic rings. The van der Waals surface area contributed by atoms with E-state index in [2.05, 4.69) is 47.6 Å². The van der Waals surface area contributed by atoms with Gasteiger partial charge in [-0.2, -0.15) is 0 Å². The van der Waals surface area contributed by atoms with E-state index in [9.17, 15) is 9.59 Å². The summed E-state index contributed by atoms with van der Waals surface area (Å²) in [5, 5.41) is 0. The predicted molar refractivity (Wildman–Crippen MR) is 93.5 cm³/mol. The number of fused-ring (bicyclic) bond motifs is 2. The maximum Gasteiger partial charge on any atom is 0.164 e. The molecule has 0 saturated heterocycles. The van der Waals surface area contributed by atoms with Crippen LogP contribution in [0.2, 0.25) is 0 Å². The van der Waals surface area contributed by atoms with E-state index in [0.29, 0.717) is 18.8 Å². The van der Waals surface area contributed by atoms with Crippen molar-refractivity contribution in [2.24, 2.45) is 5.92 Å². The number of hydrogen-bond donors (Lipinski definition) is 0. The minimum absolute atomic E-state index is 0.115. The van der Waals surface area contributed by atoms with Crippen molar-refractivity contribution >= 4 is 11.6 Å². The maximum absolute atomic E-state index is 12.7. The molecule has 0 bridgehead atoms. The van der Waals surface area contributed by atoms with Crippen molar-refractivity contribution in [2.45, 2.75) is 78.1 Å². The van der Waals surface area contributed by atoms with Gasteiger partial charge in [0, 0.05) is 24.0 Å². The van der Waals surface area contributed by atoms with Gasteiger partial charge in [-0.15, -0.1) is 0 Å². The molecular weight excluding hydrogens is 284 g/mol. The number of ketones is 2. The first-order valence-corrected chi connectivity index (χ1v) is 8.82. The van der Waals surface area contributed by atoms with Gasteiger partial charge in [0.05, 0.1) is 0 Å². The summed E-state index contributed by atoms with van der Waals surface area (Å²) >= 11 is 0. The van der Waals surface area contributed by atoms with Gasteiger partial charge in [0.25, 0.3) is 0 Å². The Morgan fingerprint density at radius 1 is 0.913 bits per heavy atom. The Hall–Kier alpha value is -1.44. The van der Waals surface area contributed by atoms with Crippen molar-refractivity contribution in [2.75, 3.05) is 0 Å². The van der Waals surface area contributed by atoms with E-state index in [1.165, 1.54) is 11.1 Å². The van der Waals surface area contributed by atoms with Gasteiger partial charge < -0.3 is 0 Å². The summed E-state index contributed by atoms with van der Waals surface area (Å²) < 4.78 is 0. The highest BCUT2D eigenvalue weighted by atomic mass is 16.1. The Morgan fingerprint density at radius 2 is 1.35 bits per heavy atom. The molecule has 0 spiro atoms. The van der Waals surface area contributed by atoms with Crippen LogP contribution in [0.3, 0.4) is 0 Å². The van der Waals surface area contributed by atoms with Crippen LogP contribution in [0.5, 0.6) is 0 Å². The molecule has 2 aliphatic rings. The van der Waals surface area contributed by atoms with Crippen molar-refractivity contribution < 1.29 is 9.59 Å². The van der Waals surface area contributed by atoms with Gasteiger partial charge >= 0.3 is 0 Å². The van der Waals surface area contributed by atoms with Crippen molar-refractivity contribution in [1.29, 1.82) is 0 Å². The molecule has 1 aromatic carbocycles. The van der Waals surface area contributed by atoms with Crippen LogP contribution >= 0.6 is 0 Å². The second-order valence-electron chi connectivity index (χ2n) is 9.10. The zero-order valence-corrected chi connectivity index (χ0v) is 15.3. The number of Topliss-reactive ketones (excluding diaryl/α,β-unsaturated/α-hetero) is 2. The Balaban J connectivity index is 2.28. The number of carbonyl (C=O) groups is 2. The molecule has 2 nitrogen and oxygen atoms in total. The van der Waals surface area contributed by atoms with Crippen LogP contribution in [-0.4, -0.2) is 11.6 Å². The quantitative estimate of drug-likeness (QED) is 0.786. The van der Waals surface area contributed by atoms with E-state index in [1.54, 1.807) is 0 Å². The maximum atomic E-state index is 12.7. The summed E-state index contributed by atoms with van der Waals surface area (Å²) in [6.07, 6.45) is 2.99. The standard InChI is InChI=1S/C21H28O2/c1-12(2)7-8-13-18-14(20(3,4)10-16(18)22)9-15-19(13)17(23)11-21(15,5)6/h9,12H,7-8,10-11H2,1-6H3. The number of carbonyl (C=O) groups excluding carboxylic acids is 2. The number of hydrogen-bond acceptors (Lipinski definition) is 2. The second kappa shape index (κ2) is 5.03. The minimum Gasteiger partial charge on any atom is -0.294 e. The van der Waals surface area contributed by atoms with Gasteiger partial charge in [0.15, 0.2) is 11.6 Å². The first kappa shape index (κ1) is 16.4. The number of benzene rings is 1. The lowest BCUT2D eigenvalue weighted by Gasteiger charge is -2.24. The number of rotatable bonds is 3. The topological polar surface area (TPSA) is 34.1 Å². The van der Waals surface area contributed by atoms with E-state index in [1.807, 2.05) is 0 Å². The predicted octanol–water partition coefficient (Wildman–Crippen LogP) is 5.00. The Labute approximate surface area is 139 Å². The molecule has 3 rings (SSSR count). The highest BCUT2D eigenvalue weighted by molar-refractivity contribution is 6.10. The third-order valence-electron chi connectivity index (χ3n) is 5.62. The third kappa shape index (κ3) is 2.47. The van der Waals surface area contributed by atoms with Crippen LogP contribution in [-0.2, 0) is 17.3 Å². The van der Waals surface area contributed by atoms with Crippen LogP contribution in [0, 0.1) is 5.92 Å². The normalized spacial score (nSPS) is 21.0. The van der Waals surface area contributed by atoms with Crippen molar-refractivity contribution in [3.05, 3.63) is 33.9 Å². The first-order valence-electron chi connectivity index (χ1n) is 8.82. The molecule has 0 amide bonds. The Morgan fingerprint density at radius 3 is 1.74 bits per heavy atom. The van der Waals surface area contributed by atoms with E-state index >= 15 is 0 Å². The third-order valence-corrected chi connectivity index (χ3v) is 5.62. The molecule has 0 fully saturated rings. The van der Waals surface area contributed by atoms with Crippen LogP contribution in [0.1, 0.15) is 98.2 Å². The summed E-state index contributed by atoms with van der Waals surface area (Å²) in [5.74, 6) is 1.02. The molecule has 0 aromatic heterocycles. The monoisotopic (exact) mass is 312 g/mol. The molecule has 2 aliphatic carbocycles. The summed E-state index contributed by atoms with van der Waals surface area (Å²) in [5.41, 5.74) is 4.91. The Kier molecular flexibility index (Phi) is 3.59. The highest BCUT2D eigenvalue weighted by Gasteiger charge is 2.44. The smallest absolute Gasteiger partial charge is 0.164 e. The van der Waals surface area contributed by atoms with Crippen LogP contribution in [0.15, 0.2) is 6.07 Å². The molecular formula is C21H28O2. The lowest BCUT2D eigenvalue weighted by atomic mass is 9.79. The molecule has 0 unspecified atom stereocenters. The van der Waals surface area contributed by atoms with E-state index < -0.39 is 0 Å². The molecule has 2 heteroatoms. The van der Waals surface area contributed by atoms with Crippen LogP contribution in [0.4, 0.5) is 0 Å². The fraction of sp³-hybridized carbons (Fsp3) is 0.619. The van der Waals surface area contributed by atoms with Gasteiger partial charge in [-0.1, -0.05) is 47.6 Å². The molecule has 23 heavy (non-hydrogen) atoms. The molecule has 0 aliphatic heterocycles. The largest absolute Gasteiger partial charge is 0.294 e. The van der Waals surface area contributed by atoms with Crippen LogP contribution in [0.25, 0.3) is 0 Å². The first-order chi connectivity index (χ1) is 10.5. The van der Waals surface area contributed by atoms with Crippen LogP contribution < -0.4 is 0 Å². The zero-order chi connectivity index (χ0) is 17.2. The van der Waals surface area contributed by atoms with E-state index in [4.69, 9.17) is 0 Å². The van der Waals surface area contributed by atoms with Gasteiger partial charge in [-0.25, -0.2) is 0 Å². The summed E-state index contributed by atoms with van der Waals surface area (Å²) in [4.78, 5) is 25.4. The Bertz CT molecular complexity index is 653. The summed E-state index contributed by atoms with van der Waals surface area (Å²) in [7, 11) is 0. The molecule has 0 heterocycles. The van der Waals surface area contributed by atoms with Gasteiger partial charge in [0.2, 0.25) is 0 Å². The average molecular weight is 312 g/mol. The van der Waals surface area contributed by atoms with Crippen molar-refractivity contribution in [3.63, 3.8) is 0 Å². The SMILES string of the molecule is CC(C)CCc1c2c(cc3c1C(=O)CC3(C)C)C(C)(C)CC2=O. The summed E-state index contributed by atoms with van der Waals surface area (Å²) in [6.45, 7) is 13.0. The fourth-order valence-electron chi connectivity index (χ4n) is 4.30. The van der Waals surface area contributed by atoms with Gasteiger partial charge in [0.1, 0.15) is 0 Å². The zero-order valence-electron chi connectivity index (χ0n) is 15.3. The minimum atomic E-state index is -0.115. The van der Waals surface area contributed by atoms with Gasteiger partial charge in [-0.05, 0) is 46.3 Å². The average Bonchev–Trinajstić information content (AvgIpc) is 2.77. The summed E-state index contributed by atoms with van der Waals surface area (Å²) in [6, 6.07) is 2.18. The lowest BCUT2D eigenvalue weighted by Crippen LogP contribution is -2.17. The molecule has 0 N–H and O–H groups in total. The highest BCUT2D eigenvalue weighted by Crippen LogP contribution is 2.48. The molecule has 124 valence electrons. The lowest BCUT2D eigenvalue weighted by molar-refractivity contribution is 0.0976. The van der Waals surface area contributed by atoms with Gasteiger partial charge in [-0.3, -0.25) is 9.59 Å². The molecule has 0 radical (unpaired) electrons. The van der Waals surface area contributed by atoms with E-state index in [0.717, 1.165) is 29.5 Å². The molecule has 0 atom stereocenters. The van der Waals surface area contributed by atoms with Crippen molar-refractivity contribution in [1.82, 2.24) is 0 Å². The second-order valence-corrected chi connectivity index (χ2v) is 9.10.